The van der Waals surface area contributed by atoms with Gasteiger partial charge in [-0.2, -0.15) is 4.39 Å². The van der Waals surface area contributed by atoms with Crippen LogP contribution in [0.4, 0.5) is 9.52 Å². The van der Waals surface area contributed by atoms with Crippen LogP contribution in [0.15, 0.2) is 23.6 Å². The second-order valence-electron chi connectivity index (χ2n) is 8.15. The summed E-state index contributed by atoms with van der Waals surface area (Å²) in [4.78, 5) is 25.3. The summed E-state index contributed by atoms with van der Waals surface area (Å²) in [6, 6.07) is 5.07. The lowest BCUT2D eigenvalue weighted by Crippen LogP contribution is -2.38. The molecule has 2 aromatic heterocycles. The molecular formula is C20H27FN4O2S. The number of hydrogen-bond donors (Lipinski definition) is 1. The lowest BCUT2D eigenvalue weighted by molar-refractivity contribution is -0.220. The number of hydroxylamine groups is 2. The zero-order chi connectivity index (χ0) is 20.1. The second kappa shape index (κ2) is 8.96. The molecule has 3 rings (SSSR count). The number of hydrogen-bond acceptors (Lipinski definition) is 6. The SMILES string of the molecule is CC(C)(C)ON(C=O)CC1CCC(Nc2nc(-c3cccc(F)n3)cs2)CC1. The van der Waals surface area contributed by atoms with Crippen molar-refractivity contribution in [3.8, 4) is 11.4 Å². The minimum Gasteiger partial charge on any atom is -0.359 e. The lowest BCUT2D eigenvalue weighted by atomic mass is 9.86. The van der Waals surface area contributed by atoms with Gasteiger partial charge in [0.25, 0.3) is 0 Å². The average molecular weight is 407 g/mol. The third-order valence-corrected chi connectivity index (χ3v) is 5.38. The number of pyridine rings is 1. The maximum Gasteiger partial charge on any atom is 0.233 e. The molecule has 0 atom stereocenters. The molecule has 0 saturated heterocycles. The Kier molecular flexibility index (Phi) is 6.61. The first-order chi connectivity index (χ1) is 13.3. The minimum absolute atomic E-state index is 0.351. The molecule has 8 heteroatoms. The lowest BCUT2D eigenvalue weighted by Gasteiger charge is -2.33. The van der Waals surface area contributed by atoms with Crippen molar-refractivity contribution in [2.45, 2.75) is 58.1 Å². The van der Waals surface area contributed by atoms with E-state index >= 15 is 0 Å². The third-order valence-electron chi connectivity index (χ3n) is 4.60. The van der Waals surface area contributed by atoms with Crippen LogP contribution >= 0.6 is 11.3 Å². The van der Waals surface area contributed by atoms with Gasteiger partial charge < -0.3 is 5.32 Å². The van der Waals surface area contributed by atoms with E-state index in [4.69, 9.17) is 4.84 Å². The van der Waals surface area contributed by atoms with Crippen LogP contribution < -0.4 is 5.32 Å². The topological polar surface area (TPSA) is 67.3 Å². The molecule has 0 aromatic carbocycles. The zero-order valence-corrected chi connectivity index (χ0v) is 17.3. The molecule has 1 aliphatic rings. The van der Waals surface area contributed by atoms with Gasteiger partial charge in [-0.3, -0.25) is 9.63 Å². The van der Waals surface area contributed by atoms with Gasteiger partial charge in [0, 0.05) is 11.4 Å². The number of nitrogens with zero attached hydrogens (tertiary/aromatic N) is 3. The predicted molar refractivity (Wildman–Crippen MR) is 108 cm³/mol. The number of aromatic nitrogens is 2. The van der Waals surface area contributed by atoms with Gasteiger partial charge >= 0.3 is 0 Å². The van der Waals surface area contributed by atoms with Crippen LogP contribution in [0, 0.1) is 11.9 Å². The Bertz CT molecular complexity index is 785. The Morgan fingerprint density at radius 3 is 2.64 bits per heavy atom. The van der Waals surface area contributed by atoms with Crippen molar-refractivity contribution in [1.29, 1.82) is 0 Å². The fraction of sp³-hybridized carbons (Fsp3) is 0.550. The summed E-state index contributed by atoms with van der Waals surface area (Å²) in [6.07, 6.45) is 4.85. The van der Waals surface area contributed by atoms with Crippen molar-refractivity contribution in [1.82, 2.24) is 15.0 Å². The van der Waals surface area contributed by atoms with Crippen LogP contribution in [-0.2, 0) is 9.63 Å². The number of halogens is 1. The van der Waals surface area contributed by atoms with Gasteiger partial charge in [-0.25, -0.2) is 15.0 Å². The first-order valence-electron chi connectivity index (χ1n) is 9.58. The number of anilines is 1. The van der Waals surface area contributed by atoms with E-state index in [2.05, 4.69) is 15.3 Å². The smallest absolute Gasteiger partial charge is 0.233 e. The molecule has 1 amide bonds. The summed E-state index contributed by atoms with van der Waals surface area (Å²) in [6.45, 7) is 6.43. The summed E-state index contributed by atoms with van der Waals surface area (Å²) >= 11 is 1.51. The van der Waals surface area contributed by atoms with E-state index in [9.17, 15) is 9.18 Å². The van der Waals surface area contributed by atoms with E-state index in [0.29, 0.717) is 29.9 Å². The second-order valence-corrected chi connectivity index (χ2v) is 9.01. The molecule has 1 aliphatic carbocycles. The van der Waals surface area contributed by atoms with Crippen LogP contribution in [0.1, 0.15) is 46.5 Å². The quantitative estimate of drug-likeness (QED) is 0.416. The van der Waals surface area contributed by atoms with Crippen molar-refractivity contribution in [2.24, 2.45) is 5.92 Å². The number of carbonyl (C=O) groups is 1. The Morgan fingerprint density at radius 1 is 1.25 bits per heavy atom. The van der Waals surface area contributed by atoms with Gasteiger partial charge in [-0.15, -0.1) is 11.3 Å². The van der Waals surface area contributed by atoms with Gasteiger partial charge in [0.05, 0.1) is 17.8 Å². The van der Waals surface area contributed by atoms with E-state index in [1.807, 2.05) is 26.2 Å². The summed E-state index contributed by atoms with van der Waals surface area (Å²) in [5.41, 5.74) is 0.848. The number of carbonyl (C=O) groups excluding carboxylic acids is 1. The molecular weight excluding hydrogens is 379 g/mol. The molecule has 0 bridgehead atoms. The van der Waals surface area contributed by atoms with E-state index in [1.54, 1.807) is 12.1 Å². The number of rotatable bonds is 7. The molecule has 2 heterocycles. The average Bonchev–Trinajstić information content (AvgIpc) is 3.10. The van der Waals surface area contributed by atoms with Crippen molar-refractivity contribution >= 4 is 22.9 Å². The van der Waals surface area contributed by atoms with Crippen LogP contribution in [0.25, 0.3) is 11.4 Å². The standard InChI is InChI=1S/C20H27FN4O2S/c1-20(2,3)27-25(13-26)11-14-7-9-15(10-8-14)22-19-24-17(12-28-19)16-5-4-6-18(21)23-16/h4-6,12-15H,7-11H2,1-3H3,(H,22,24). The predicted octanol–water partition coefficient (Wildman–Crippen LogP) is 4.50. The molecule has 1 saturated carbocycles. The molecule has 1 fully saturated rings. The maximum absolute atomic E-state index is 13.3. The molecule has 6 nitrogen and oxygen atoms in total. The molecule has 0 unspecified atom stereocenters. The van der Waals surface area contributed by atoms with Gasteiger partial charge in [0.15, 0.2) is 5.13 Å². The highest BCUT2D eigenvalue weighted by molar-refractivity contribution is 7.14. The van der Waals surface area contributed by atoms with E-state index < -0.39 is 5.95 Å². The summed E-state index contributed by atoms with van der Waals surface area (Å²) in [5.74, 6) is -0.0629. The van der Waals surface area contributed by atoms with E-state index in [-0.39, 0.29) is 5.60 Å². The Hall–Kier alpha value is -2.06. The summed E-state index contributed by atoms with van der Waals surface area (Å²) in [5, 5.41) is 7.63. The van der Waals surface area contributed by atoms with Crippen molar-refractivity contribution in [3.05, 3.63) is 29.5 Å². The Labute approximate surface area is 169 Å². The van der Waals surface area contributed by atoms with Gasteiger partial charge in [-0.05, 0) is 64.5 Å². The Balaban J connectivity index is 1.49. The van der Waals surface area contributed by atoms with Gasteiger partial charge in [0.2, 0.25) is 12.4 Å². The van der Waals surface area contributed by atoms with Crippen molar-refractivity contribution < 1.29 is 14.0 Å². The minimum atomic E-state index is -0.502. The fourth-order valence-corrected chi connectivity index (χ4v) is 4.16. The number of nitrogens with one attached hydrogen (secondary N) is 1. The van der Waals surface area contributed by atoms with Crippen LogP contribution in [0.2, 0.25) is 0 Å². The third kappa shape index (κ3) is 5.97. The Morgan fingerprint density at radius 2 is 2.00 bits per heavy atom. The largest absolute Gasteiger partial charge is 0.359 e. The maximum atomic E-state index is 13.3. The summed E-state index contributed by atoms with van der Waals surface area (Å²) in [7, 11) is 0. The van der Waals surface area contributed by atoms with Gasteiger partial charge in [0.1, 0.15) is 5.69 Å². The highest BCUT2D eigenvalue weighted by atomic mass is 32.1. The summed E-state index contributed by atoms with van der Waals surface area (Å²) < 4.78 is 13.3. The number of amides is 1. The van der Waals surface area contributed by atoms with Crippen LogP contribution in [-0.4, -0.2) is 39.6 Å². The molecule has 28 heavy (non-hydrogen) atoms. The van der Waals surface area contributed by atoms with E-state index in [0.717, 1.165) is 37.2 Å². The molecule has 152 valence electrons. The fourth-order valence-electron chi connectivity index (χ4n) is 3.38. The molecule has 2 aromatic rings. The highest BCUT2D eigenvalue weighted by Crippen LogP contribution is 2.30. The van der Waals surface area contributed by atoms with Crippen LogP contribution in [0.3, 0.4) is 0 Å². The van der Waals surface area contributed by atoms with Crippen molar-refractivity contribution in [2.75, 3.05) is 11.9 Å². The molecule has 0 radical (unpaired) electrons. The first-order valence-corrected chi connectivity index (χ1v) is 10.5. The monoisotopic (exact) mass is 406 g/mol. The van der Waals surface area contributed by atoms with Crippen LogP contribution in [0.5, 0.6) is 0 Å². The van der Waals surface area contributed by atoms with E-state index in [1.165, 1.54) is 22.5 Å². The molecule has 1 N–H and O–H groups in total. The normalized spacial score (nSPS) is 20.0. The number of thiazole rings is 1. The van der Waals surface area contributed by atoms with Crippen molar-refractivity contribution in [3.63, 3.8) is 0 Å². The van der Waals surface area contributed by atoms with Gasteiger partial charge in [-0.1, -0.05) is 6.07 Å². The highest BCUT2D eigenvalue weighted by Gasteiger charge is 2.25. The molecule has 0 spiro atoms. The first kappa shape index (κ1) is 20.7. The zero-order valence-electron chi connectivity index (χ0n) is 16.5. The molecule has 0 aliphatic heterocycles.